The van der Waals surface area contributed by atoms with Gasteiger partial charge >= 0.3 is 6.03 Å². The average Bonchev–Trinajstić information content (AvgIpc) is 2.59. The molecule has 2 rings (SSSR count). The standard InChI is InChI=1S/C14H23N3O3/c1-16-10-13(19)17(14(16)20)9-12(18)15-11-7-5-3-2-4-6-8-11/h11H,2-10H2,1H3,(H,15,18). The van der Waals surface area contributed by atoms with Crippen LogP contribution >= 0.6 is 0 Å². The number of hydrogen-bond acceptors (Lipinski definition) is 3. The SMILES string of the molecule is CN1CC(=O)N(CC(=O)NC2CCCCCCC2)C1=O. The molecule has 1 aliphatic heterocycles. The lowest BCUT2D eigenvalue weighted by atomic mass is 9.97. The number of likely N-dealkylation sites (N-methyl/N-ethyl adjacent to an activating group) is 1. The van der Waals surface area contributed by atoms with Crippen LogP contribution in [0, 0.1) is 0 Å². The third-order valence-electron chi connectivity index (χ3n) is 4.00. The van der Waals surface area contributed by atoms with Crippen molar-refractivity contribution in [2.75, 3.05) is 20.1 Å². The largest absolute Gasteiger partial charge is 0.352 e. The van der Waals surface area contributed by atoms with Gasteiger partial charge in [-0.05, 0) is 12.8 Å². The van der Waals surface area contributed by atoms with Gasteiger partial charge in [0.1, 0.15) is 13.1 Å². The molecule has 1 heterocycles. The zero-order valence-corrected chi connectivity index (χ0v) is 12.1. The first kappa shape index (κ1) is 14.8. The van der Waals surface area contributed by atoms with Gasteiger partial charge in [-0.1, -0.05) is 32.1 Å². The van der Waals surface area contributed by atoms with Crippen LogP contribution in [-0.4, -0.2) is 53.8 Å². The zero-order chi connectivity index (χ0) is 14.5. The summed E-state index contributed by atoms with van der Waals surface area (Å²) in [6.07, 6.45) is 7.98. The molecule has 0 aromatic rings. The average molecular weight is 281 g/mol. The van der Waals surface area contributed by atoms with Crippen LogP contribution in [0.2, 0.25) is 0 Å². The van der Waals surface area contributed by atoms with Crippen molar-refractivity contribution in [3.63, 3.8) is 0 Å². The molecule has 1 saturated heterocycles. The second kappa shape index (κ2) is 6.72. The van der Waals surface area contributed by atoms with Gasteiger partial charge in [0.2, 0.25) is 5.91 Å². The van der Waals surface area contributed by atoms with Gasteiger partial charge in [-0.3, -0.25) is 14.5 Å². The van der Waals surface area contributed by atoms with E-state index in [4.69, 9.17) is 0 Å². The summed E-state index contributed by atoms with van der Waals surface area (Å²) >= 11 is 0. The number of urea groups is 1. The number of rotatable bonds is 3. The summed E-state index contributed by atoms with van der Waals surface area (Å²) in [4.78, 5) is 37.6. The quantitative estimate of drug-likeness (QED) is 0.788. The molecule has 0 aromatic carbocycles. The molecule has 0 bridgehead atoms. The number of imide groups is 1. The summed E-state index contributed by atoms with van der Waals surface area (Å²) in [6.45, 7) is -0.0892. The van der Waals surface area contributed by atoms with E-state index in [9.17, 15) is 14.4 Å². The molecule has 1 aliphatic carbocycles. The minimum absolute atomic E-state index is 0.0650. The highest BCUT2D eigenvalue weighted by atomic mass is 16.2. The normalized spacial score (nSPS) is 21.9. The first-order valence-corrected chi connectivity index (χ1v) is 7.43. The Morgan fingerprint density at radius 2 is 1.75 bits per heavy atom. The summed E-state index contributed by atoms with van der Waals surface area (Å²) in [5.74, 6) is -0.530. The van der Waals surface area contributed by atoms with Crippen LogP contribution in [0.3, 0.4) is 0 Å². The molecule has 0 spiro atoms. The molecule has 6 heteroatoms. The molecule has 0 aromatic heterocycles. The summed E-state index contributed by atoms with van der Waals surface area (Å²) in [6, 6.07) is -0.198. The highest BCUT2D eigenvalue weighted by Gasteiger charge is 2.34. The Morgan fingerprint density at radius 1 is 1.15 bits per heavy atom. The van der Waals surface area contributed by atoms with Crippen molar-refractivity contribution in [1.82, 2.24) is 15.1 Å². The van der Waals surface area contributed by atoms with Crippen molar-refractivity contribution in [1.29, 1.82) is 0 Å². The van der Waals surface area contributed by atoms with E-state index < -0.39 is 0 Å². The van der Waals surface area contributed by atoms with Crippen molar-refractivity contribution in [2.24, 2.45) is 0 Å². The lowest BCUT2D eigenvalue weighted by Gasteiger charge is -2.22. The Kier molecular flexibility index (Phi) is 4.98. The first-order chi connectivity index (χ1) is 9.58. The Morgan fingerprint density at radius 3 is 2.30 bits per heavy atom. The Labute approximate surface area is 119 Å². The van der Waals surface area contributed by atoms with Gasteiger partial charge in [-0.15, -0.1) is 0 Å². The van der Waals surface area contributed by atoms with Crippen LogP contribution in [0.4, 0.5) is 4.79 Å². The molecule has 2 fully saturated rings. The third kappa shape index (κ3) is 3.71. The van der Waals surface area contributed by atoms with Gasteiger partial charge in [-0.2, -0.15) is 0 Å². The maximum absolute atomic E-state index is 12.0. The van der Waals surface area contributed by atoms with E-state index in [1.54, 1.807) is 7.05 Å². The van der Waals surface area contributed by atoms with E-state index in [2.05, 4.69) is 5.32 Å². The summed E-state index contributed by atoms with van der Waals surface area (Å²) in [5.41, 5.74) is 0. The maximum Gasteiger partial charge on any atom is 0.327 e. The van der Waals surface area contributed by atoms with Gasteiger partial charge in [0.05, 0.1) is 0 Å². The molecule has 2 aliphatic rings. The summed E-state index contributed by atoms with van der Waals surface area (Å²) in [7, 11) is 1.56. The van der Waals surface area contributed by atoms with Crippen molar-refractivity contribution in [3.05, 3.63) is 0 Å². The molecular weight excluding hydrogens is 258 g/mol. The second-order valence-corrected chi connectivity index (χ2v) is 5.73. The highest BCUT2D eigenvalue weighted by Crippen LogP contribution is 2.17. The predicted octanol–water partition coefficient (Wildman–Crippen LogP) is 1.11. The lowest BCUT2D eigenvalue weighted by molar-refractivity contribution is -0.131. The zero-order valence-electron chi connectivity index (χ0n) is 12.1. The molecule has 20 heavy (non-hydrogen) atoms. The van der Waals surface area contributed by atoms with Gasteiger partial charge in [0.25, 0.3) is 5.91 Å². The fraction of sp³-hybridized carbons (Fsp3) is 0.786. The minimum Gasteiger partial charge on any atom is -0.352 e. The monoisotopic (exact) mass is 281 g/mol. The lowest BCUT2D eigenvalue weighted by Crippen LogP contribution is -2.44. The summed E-state index contributed by atoms with van der Waals surface area (Å²) in [5, 5.41) is 2.97. The highest BCUT2D eigenvalue weighted by molar-refractivity contribution is 6.04. The van der Waals surface area contributed by atoms with Gasteiger partial charge < -0.3 is 10.2 Å². The first-order valence-electron chi connectivity index (χ1n) is 7.43. The van der Waals surface area contributed by atoms with Crippen LogP contribution in [0.1, 0.15) is 44.9 Å². The third-order valence-corrected chi connectivity index (χ3v) is 4.00. The number of nitrogens with one attached hydrogen (secondary N) is 1. The van der Waals surface area contributed by atoms with Gasteiger partial charge in [-0.25, -0.2) is 4.79 Å². The number of amides is 4. The van der Waals surface area contributed by atoms with E-state index in [-0.39, 0.29) is 37.0 Å². The Hall–Kier alpha value is -1.59. The fourth-order valence-electron chi connectivity index (χ4n) is 2.84. The van der Waals surface area contributed by atoms with Gasteiger partial charge in [0.15, 0.2) is 0 Å². The van der Waals surface area contributed by atoms with Crippen LogP contribution in [0.25, 0.3) is 0 Å². The molecule has 1 N–H and O–H groups in total. The van der Waals surface area contributed by atoms with E-state index in [1.807, 2.05) is 0 Å². The number of nitrogens with zero attached hydrogens (tertiary/aromatic N) is 2. The fourth-order valence-corrected chi connectivity index (χ4v) is 2.84. The predicted molar refractivity (Wildman–Crippen MR) is 74.0 cm³/mol. The van der Waals surface area contributed by atoms with Crippen LogP contribution in [0.15, 0.2) is 0 Å². The van der Waals surface area contributed by atoms with Crippen LogP contribution in [-0.2, 0) is 9.59 Å². The molecule has 112 valence electrons. The molecule has 0 radical (unpaired) electrons. The maximum atomic E-state index is 12.0. The molecule has 0 atom stereocenters. The molecule has 6 nitrogen and oxygen atoms in total. The molecular formula is C14H23N3O3. The minimum atomic E-state index is -0.386. The van der Waals surface area contributed by atoms with Crippen molar-refractivity contribution in [2.45, 2.75) is 51.0 Å². The topological polar surface area (TPSA) is 69.7 Å². The van der Waals surface area contributed by atoms with E-state index >= 15 is 0 Å². The number of carbonyl (C=O) groups excluding carboxylic acids is 3. The van der Waals surface area contributed by atoms with E-state index in [0.717, 1.165) is 30.6 Å². The summed E-state index contributed by atoms with van der Waals surface area (Å²) < 4.78 is 0. The van der Waals surface area contributed by atoms with Crippen molar-refractivity contribution < 1.29 is 14.4 Å². The van der Waals surface area contributed by atoms with Crippen molar-refractivity contribution in [3.8, 4) is 0 Å². The second-order valence-electron chi connectivity index (χ2n) is 5.73. The van der Waals surface area contributed by atoms with Gasteiger partial charge in [0, 0.05) is 13.1 Å². The van der Waals surface area contributed by atoms with Crippen LogP contribution < -0.4 is 5.32 Å². The van der Waals surface area contributed by atoms with E-state index in [0.29, 0.717) is 0 Å². The molecule has 4 amide bonds. The van der Waals surface area contributed by atoms with Crippen molar-refractivity contribution >= 4 is 17.8 Å². The smallest absolute Gasteiger partial charge is 0.327 e. The number of hydrogen-bond donors (Lipinski definition) is 1. The Bertz CT molecular complexity index is 389. The van der Waals surface area contributed by atoms with Crippen LogP contribution in [0.5, 0.6) is 0 Å². The molecule has 0 unspecified atom stereocenters. The molecule has 1 saturated carbocycles. The number of carbonyl (C=O) groups is 3. The van der Waals surface area contributed by atoms with E-state index in [1.165, 1.54) is 24.2 Å². The Balaban J connectivity index is 1.82.